The molecule has 0 aliphatic rings. The van der Waals surface area contributed by atoms with E-state index < -0.39 is 0 Å². The molecule has 1 aromatic heterocycles. The molecule has 0 aliphatic heterocycles. The molecular weight excluding hydrogens is 432 g/mol. The smallest absolute Gasteiger partial charge is 0.203 e. The number of anilines is 1. The zero-order chi connectivity index (χ0) is 13.1. The number of hydrogen-bond donors (Lipinski definition) is 1. The van der Waals surface area contributed by atoms with Crippen LogP contribution in [0.3, 0.4) is 0 Å². The number of hydrazone groups is 1. The van der Waals surface area contributed by atoms with Crippen LogP contribution in [0.25, 0.3) is 0 Å². The van der Waals surface area contributed by atoms with E-state index in [1.165, 1.54) is 23.6 Å². The van der Waals surface area contributed by atoms with Crippen molar-refractivity contribution in [2.24, 2.45) is 5.10 Å². The zero-order valence-corrected chi connectivity index (χ0v) is 13.8. The lowest BCUT2D eigenvalue weighted by Gasteiger charge is -2.00. The van der Waals surface area contributed by atoms with Gasteiger partial charge in [-0.3, -0.25) is 5.43 Å². The highest BCUT2D eigenvalue weighted by atomic mass is 127. The Bertz CT molecular complexity index is 600. The molecule has 0 unspecified atom stereocenters. The van der Waals surface area contributed by atoms with Gasteiger partial charge in [0, 0.05) is 19.0 Å². The third-order valence-corrected chi connectivity index (χ3v) is 5.18. The number of benzene rings is 1. The normalized spacial score (nSPS) is 11.1. The second-order valence-electron chi connectivity index (χ2n) is 3.45. The van der Waals surface area contributed by atoms with E-state index in [2.05, 4.69) is 54.0 Å². The van der Waals surface area contributed by atoms with Crippen molar-refractivity contribution in [2.45, 2.75) is 6.92 Å². The lowest BCUT2D eigenvalue weighted by atomic mass is 10.2. The minimum atomic E-state index is -0.317. The largest absolute Gasteiger partial charge is 0.253 e. The minimum Gasteiger partial charge on any atom is -0.253 e. The molecule has 0 bridgehead atoms. The Morgan fingerprint density at radius 2 is 2.33 bits per heavy atom. The first kappa shape index (κ1) is 13.9. The summed E-state index contributed by atoms with van der Waals surface area (Å²) in [7, 11) is 0. The highest BCUT2D eigenvalue weighted by molar-refractivity contribution is 14.1. The molecule has 1 aromatic carbocycles. The van der Waals surface area contributed by atoms with Crippen molar-refractivity contribution in [1.29, 1.82) is 0 Å². The summed E-state index contributed by atoms with van der Waals surface area (Å²) in [6.07, 6.45) is 1.45. The van der Waals surface area contributed by atoms with Crippen LogP contribution in [0.15, 0.2) is 27.1 Å². The molecule has 0 spiro atoms. The average Bonchev–Trinajstić information content (AvgIpc) is 2.71. The van der Waals surface area contributed by atoms with Gasteiger partial charge in [0.1, 0.15) is 5.82 Å². The fourth-order valence-electron chi connectivity index (χ4n) is 1.20. The maximum atomic E-state index is 13.6. The molecule has 94 valence electrons. The number of rotatable bonds is 3. The third-order valence-electron chi connectivity index (χ3n) is 2.02. The fourth-order valence-corrected chi connectivity index (χ4v) is 2.64. The van der Waals surface area contributed by atoms with Crippen LogP contribution in [0, 0.1) is 16.3 Å². The van der Waals surface area contributed by atoms with Gasteiger partial charge in [0.15, 0.2) is 0 Å². The van der Waals surface area contributed by atoms with Crippen LogP contribution < -0.4 is 5.43 Å². The van der Waals surface area contributed by atoms with E-state index in [0.717, 1.165) is 13.7 Å². The Morgan fingerprint density at radius 3 is 3.00 bits per heavy atom. The maximum Gasteiger partial charge on any atom is 0.203 e. The summed E-state index contributed by atoms with van der Waals surface area (Å²) in [4.78, 5) is 4.19. The Hall–Kier alpha value is -0.540. The van der Waals surface area contributed by atoms with Gasteiger partial charge in [0.25, 0.3) is 0 Å². The molecule has 0 aliphatic carbocycles. The van der Waals surface area contributed by atoms with Gasteiger partial charge >= 0.3 is 0 Å². The van der Waals surface area contributed by atoms with Crippen LogP contribution >= 0.6 is 49.9 Å². The van der Waals surface area contributed by atoms with Crippen molar-refractivity contribution in [3.05, 3.63) is 42.6 Å². The second kappa shape index (κ2) is 6.07. The zero-order valence-electron chi connectivity index (χ0n) is 9.25. The minimum absolute atomic E-state index is 0.317. The quantitative estimate of drug-likeness (QED) is 0.333. The molecule has 0 radical (unpaired) electrons. The molecule has 7 heteroatoms. The van der Waals surface area contributed by atoms with Crippen molar-refractivity contribution in [2.75, 3.05) is 5.43 Å². The third kappa shape index (κ3) is 3.48. The van der Waals surface area contributed by atoms with Crippen molar-refractivity contribution < 1.29 is 4.39 Å². The summed E-state index contributed by atoms with van der Waals surface area (Å²) in [5.74, 6) is -0.317. The molecule has 1 N–H and O–H groups in total. The van der Waals surface area contributed by atoms with E-state index in [0.29, 0.717) is 10.7 Å². The Balaban J connectivity index is 2.11. The van der Waals surface area contributed by atoms with E-state index >= 15 is 0 Å². The number of hydrogen-bond acceptors (Lipinski definition) is 4. The van der Waals surface area contributed by atoms with Crippen LogP contribution in [0.2, 0.25) is 0 Å². The standard InChI is InChI=1S/C11H8BrFIN3S/c1-6-5-18-11(16-6)17-15-4-7-2-10(14)8(12)3-9(7)13/h2-5H,1H3,(H,16,17). The summed E-state index contributed by atoms with van der Waals surface area (Å²) in [6.45, 7) is 1.90. The lowest BCUT2D eigenvalue weighted by Crippen LogP contribution is -1.94. The predicted molar refractivity (Wildman–Crippen MR) is 84.9 cm³/mol. The second-order valence-corrected chi connectivity index (χ2v) is 6.33. The van der Waals surface area contributed by atoms with Gasteiger partial charge in [0.05, 0.1) is 11.9 Å². The number of aromatic nitrogens is 1. The Kier molecular flexibility index (Phi) is 4.68. The molecule has 0 amide bonds. The van der Waals surface area contributed by atoms with E-state index in [9.17, 15) is 4.39 Å². The van der Waals surface area contributed by atoms with Crippen LogP contribution in [0.1, 0.15) is 11.3 Å². The molecular formula is C11H8BrFIN3S. The topological polar surface area (TPSA) is 37.3 Å². The first-order chi connectivity index (χ1) is 8.56. The first-order valence-electron chi connectivity index (χ1n) is 4.92. The summed E-state index contributed by atoms with van der Waals surface area (Å²) >= 11 is 6.86. The van der Waals surface area contributed by atoms with Crippen LogP contribution in [-0.2, 0) is 0 Å². The van der Waals surface area contributed by atoms with Crippen molar-refractivity contribution in [3.8, 4) is 0 Å². The molecule has 1 heterocycles. The van der Waals surface area contributed by atoms with E-state index in [4.69, 9.17) is 0 Å². The molecule has 0 saturated heterocycles. The predicted octanol–water partition coefficient (Wildman–Crippen LogP) is 4.40. The number of nitrogens with one attached hydrogen (secondary N) is 1. The van der Waals surface area contributed by atoms with Gasteiger partial charge < -0.3 is 0 Å². The van der Waals surface area contributed by atoms with Crippen LogP contribution in [-0.4, -0.2) is 11.2 Å². The van der Waals surface area contributed by atoms with Crippen LogP contribution in [0.5, 0.6) is 0 Å². The number of aryl methyl sites for hydroxylation is 1. The molecule has 0 saturated carbocycles. The Morgan fingerprint density at radius 1 is 1.56 bits per heavy atom. The van der Waals surface area contributed by atoms with Gasteiger partial charge in [-0.2, -0.15) is 5.10 Å². The van der Waals surface area contributed by atoms with Crippen molar-refractivity contribution in [1.82, 2.24) is 4.98 Å². The van der Waals surface area contributed by atoms with Crippen molar-refractivity contribution >= 4 is 61.2 Å². The highest BCUT2D eigenvalue weighted by Crippen LogP contribution is 2.22. The van der Waals surface area contributed by atoms with Gasteiger partial charge in [-0.15, -0.1) is 11.3 Å². The van der Waals surface area contributed by atoms with Gasteiger partial charge in [0.2, 0.25) is 5.13 Å². The molecule has 2 aromatic rings. The highest BCUT2D eigenvalue weighted by Gasteiger charge is 2.04. The van der Waals surface area contributed by atoms with Crippen LogP contribution in [0.4, 0.5) is 9.52 Å². The van der Waals surface area contributed by atoms with Gasteiger partial charge in [-0.05, 0) is 57.6 Å². The summed E-state index contributed by atoms with van der Waals surface area (Å²) in [5, 5.41) is 6.58. The average molecular weight is 440 g/mol. The number of nitrogens with zero attached hydrogens (tertiary/aromatic N) is 2. The van der Waals surface area contributed by atoms with Crippen molar-refractivity contribution in [3.63, 3.8) is 0 Å². The van der Waals surface area contributed by atoms with Gasteiger partial charge in [-0.1, -0.05) is 0 Å². The Labute approximate surface area is 130 Å². The lowest BCUT2D eigenvalue weighted by molar-refractivity contribution is 0.624. The fraction of sp³-hybridized carbons (Fsp3) is 0.0909. The van der Waals surface area contributed by atoms with E-state index in [1.54, 1.807) is 6.07 Å². The monoisotopic (exact) mass is 439 g/mol. The van der Waals surface area contributed by atoms with E-state index in [1.807, 2.05) is 12.3 Å². The number of thiazole rings is 1. The summed E-state index contributed by atoms with van der Waals surface area (Å²) in [5.41, 5.74) is 4.14. The van der Waals surface area contributed by atoms with E-state index in [-0.39, 0.29) is 5.82 Å². The summed E-state index contributed by atoms with van der Waals surface area (Å²) < 4.78 is 15.3. The summed E-state index contributed by atoms with van der Waals surface area (Å²) in [6, 6.07) is 3.15. The molecule has 2 rings (SSSR count). The molecule has 3 nitrogen and oxygen atoms in total. The number of halogens is 3. The first-order valence-corrected chi connectivity index (χ1v) is 7.67. The van der Waals surface area contributed by atoms with Gasteiger partial charge in [-0.25, -0.2) is 9.37 Å². The maximum absolute atomic E-state index is 13.6. The molecule has 0 atom stereocenters. The molecule has 18 heavy (non-hydrogen) atoms. The SMILES string of the molecule is Cc1csc(NN=Cc2cc(I)c(Br)cc2F)n1. The molecule has 0 fully saturated rings.